The van der Waals surface area contributed by atoms with Gasteiger partial charge in [0.1, 0.15) is 12.7 Å². The summed E-state index contributed by atoms with van der Waals surface area (Å²) in [4.78, 5) is 2.17. The van der Waals surface area contributed by atoms with Crippen molar-refractivity contribution in [2.24, 2.45) is 5.73 Å². The van der Waals surface area contributed by atoms with Crippen LogP contribution < -0.4 is 15.2 Å². The van der Waals surface area contributed by atoms with Gasteiger partial charge >= 0.3 is 0 Å². The van der Waals surface area contributed by atoms with E-state index in [0.29, 0.717) is 24.5 Å². The van der Waals surface area contributed by atoms with E-state index in [0.717, 1.165) is 13.1 Å². The Balaban J connectivity index is 1.77. The minimum absolute atomic E-state index is 0.111. The van der Waals surface area contributed by atoms with Gasteiger partial charge in [0.25, 0.3) is 0 Å². The molecule has 0 spiro atoms. The summed E-state index contributed by atoms with van der Waals surface area (Å²) in [7, 11) is 0. The molecule has 1 aromatic rings. The Bertz CT molecular complexity index is 522. The van der Waals surface area contributed by atoms with Crippen LogP contribution in [0.3, 0.4) is 0 Å². The Labute approximate surface area is 123 Å². The summed E-state index contributed by atoms with van der Waals surface area (Å²) in [5.74, 6) is -0.0797. The molecule has 6 heteroatoms. The van der Waals surface area contributed by atoms with Crippen LogP contribution in [-0.4, -0.2) is 48.4 Å². The van der Waals surface area contributed by atoms with Gasteiger partial charge in [0.2, 0.25) is 0 Å². The molecule has 2 aliphatic heterocycles. The van der Waals surface area contributed by atoms with Crippen LogP contribution in [0.15, 0.2) is 12.1 Å². The first-order valence-corrected chi connectivity index (χ1v) is 7.33. The number of rotatable bonds is 4. The van der Waals surface area contributed by atoms with Crippen molar-refractivity contribution in [1.82, 2.24) is 4.90 Å². The number of ether oxygens (including phenoxy) is 2. The van der Waals surface area contributed by atoms with Crippen molar-refractivity contribution in [3.8, 4) is 11.5 Å². The van der Waals surface area contributed by atoms with Crippen LogP contribution in [0, 0.1) is 5.82 Å². The first-order chi connectivity index (χ1) is 10.0. The minimum Gasteiger partial charge on any atom is -0.483 e. The van der Waals surface area contributed by atoms with E-state index in [9.17, 15) is 9.50 Å². The van der Waals surface area contributed by atoms with Crippen LogP contribution in [0.5, 0.6) is 11.5 Å². The second-order valence-corrected chi connectivity index (χ2v) is 5.83. The maximum Gasteiger partial charge on any atom is 0.197 e. The SMILES string of the molecule is CC1COc2c(F)cc([C@@H](O)[C@H](N)CN3CCC3)cc2O1. The van der Waals surface area contributed by atoms with E-state index < -0.39 is 18.0 Å². The summed E-state index contributed by atoms with van der Waals surface area (Å²) in [6, 6.07) is 2.44. The zero-order valence-corrected chi connectivity index (χ0v) is 12.1. The molecule has 0 bridgehead atoms. The molecule has 1 aromatic carbocycles. The molecule has 1 fully saturated rings. The van der Waals surface area contributed by atoms with Gasteiger partial charge < -0.3 is 25.2 Å². The highest BCUT2D eigenvalue weighted by Crippen LogP contribution is 2.37. The summed E-state index contributed by atoms with van der Waals surface area (Å²) in [6.07, 6.45) is 0.101. The van der Waals surface area contributed by atoms with Gasteiger partial charge in [0.05, 0.1) is 6.10 Å². The van der Waals surface area contributed by atoms with Crippen molar-refractivity contribution < 1.29 is 19.0 Å². The zero-order chi connectivity index (χ0) is 15.0. The molecule has 1 unspecified atom stereocenters. The molecule has 2 aliphatic rings. The topological polar surface area (TPSA) is 68.0 Å². The average Bonchev–Trinajstić information content (AvgIpc) is 2.41. The molecule has 116 valence electrons. The van der Waals surface area contributed by atoms with E-state index >= 15 is 0 Å². The number of benzene rings is 1. The standard InChI is InChI=1S/C15H21FN2O3/c1-9-8-20-15-11(16)5-10(6-13(15)21-9)14(19)12(17)7-18-3-2-4-18/h5-6,9,12,14,19H,2-4,7-8,17H2,1H3/t9?,12-,14-/m1/s1. The lowest BCUT2D eigenvalue weighted by Gasteiger charge is -2.34. The second-order valence-electron chi connectivity index (χ2n) is 5.83. The van der Waals surface area contributed by atoms with Crippen LogP contribution in [-0.2, 0) is 0 Å². The molecule has 1 saturated heterocycles. The molecule has 0 saturated carbocycles. The molecule has 2 heterocycles. The van der Waals surface area contributed by atoms with Crippen LogP contribution >= 0.6 is 0 Å². The van der Waals surface area contributed by atoms with E-state index in [2.05, 4.69) is 4.90 Å². The summed E-state index contributed by atoms with van der Waals surface area (Å²) in [5, 5.41) is 10.3. The van der Waals surface area contributed by atoms with Gasteiger partial charge in [-0.25, -0.2) is 4.39 Å². The van der Waals surface area contributed by atoms with E-state index in [1.54, 1.807) is 6.07 Å². The number of nitrogens with two attached hydrogens (primary N) is 1. The van der Waals surface area contributed by atoms with Crippen molar-refractivity contribution in [3.05, 3.63) is 23.5 Å². The first kappa shape index (κ1) is 14.6. The van der Waals surface area contributed by atoms with E-state index in [1.165, 1.54) is 12.5 Å². The predicted molar refractivity (Wildman–Crippen MR) is 76.0 cm³/mol. The van der Waals surface area contributed by atoms with Crippen LogP contribution in [0.25, 0.3) is 0 Å². The Morgan fingerprint density at radius 1 is 1.48 bits per heavy atom. The summed E-state index contributed by atoms with van der Waals surface area (Å²) >= 11 is 0. The van der Waals surface area contributed by atoms with Crippen molar-refractivity contribution in [1.29, 1.82) is 0 Å². The van der Waals surface area contributed by atoms with Gasteiger partial charge in [-0.3, -0.25) is 0 Å². The molecule has 3 N–H and O–H groups in total. The normalized spacial score (nSPS) is 24.3. The molecule has 21 heavy (non-hydrogen) atoms. The summed E-state index contributed by atoms with van der Waals surface area (Å²) < 4.78 is 25.0. The third-order valence-corrected chi connectivity index (χ3v) is 3.99. The lowest BCUT2D eigenvalue weighted by Crippen LogP contribution is -2.47. The first-order valence-electron chi connectivity index (χ1n) is 7.33. The Morgan fingerprint density at radius 3 is 2.90 bits per heavy atom. The third-order valence-electron chi connectivity index (χ3n) is 3.99. The van der Waals surface area contributed by atoms with Gasteiger partial charge in [0, 0.05) is 12.6 Å². The number of hydrogen-bond acceptors (Lipinski definition) is 5. The largest absolute Gasteiger partial charge is 0.483 e. The van der Waals surface area contributed by atoms with Gasteiger partial charge in [0.15, 0.2) is 17.3 Å². The summed E-state index contributed by atoms with van der Waals surface area (Å²) in [6.45, 7) is 4.79. The molecule has 3 atom stereocenters. The number of aliphatic hydroxyl groups excluding tert-OH is 1. The van der Waals surface area contributed by atoms with Gasteiger partial charge in [-0.15, -0.1) is 0 Å². The van der Waals surface area contributed by atoms with Gasteiger partial charge in [-0.1, -0.05) is 0 Å². The number of hydrogen-bond donors (Lipinski definition) is 2. The molecule has 0 radical (unpaired) electrons. The number of likely N-dealkylation sites (tertiary alicyclic amines) is 1. The van der Waals surface area contributed by atoms with Crippen molar-refractivity contribution in [2.45, 2.75) is 31.6 Å². The highest BCUT2D eigenvalue weighted by molar-refractivity contribution is 5.46. The number of halogens is 1. The van der Waals surface area contributed by atoms with Crippen molar-refractivity contribution in [2.75, 3.05) is 26.2 Å². The minimum atomic E-state index is -0.925. The highest BCUT2D eigenvalue weighted by Gasteiger charge is 2.27. The maximum atomic E-state index is 14.1. The fourth-order valence-corrected chi connectivity index (χ4v) is 2.65. The smallest absolute Gasteiger partial charge is 0.197 e. The molecular formula is C15H21FN2O3. The molecular weight excluding hydrogens is 275 g/mol. The van der Waals surface area contributed by atoms with Crippen molar-refractivity contribution in [3.63, 3.8) is 0 Å². The van der Waals surface area contributed by atoms with Gasteiger partial charge in [-0.2, -0.15) is 0 Å². The maximum absolute atomic E-state index is 14.1. The monoisotopic (exact) mass is 296 g/mol. The predicted octanol–water partition coefficient (Wildman–Crippen LogP) is 1.05. The Kier molecular flexibility index (Phi) is 4.01. The zero-order valence-electron chi connectivity index (χ0n) is 12.1. The Hall–Kier alpha value is -1.37. The molecule has 0 aliphatic carbocycles. The summed E-state index contributed by atoms with van der Waals surface area (Å²) in [5.41, 5.74) is 6.45. The second kappa shape index (κ2) is 5.79. The quantitative estimate of drug-likeness (QED) is 0.869. The van der Waals surface area contributed by atoms with E-state index in [1.807, 2.05) is 6.92 Å². The molecule has 0 aromatic heterocycles. The third kappa shape index (κ3) is 2.97. The van der Waals surface area contributed by atoms with Crippen LogP contribution in [0.2, 0.25) is 0 Å². The number of aliphatic hydroxyl groups is 1. The average molecular weight is 296 g/mol. The molecule has 3 rings (SSSR count). The highest BCUT2D eigenvalue weighted by atomic mass is 19.1. The number of fused-ring (bicyclic) bond motifs is 1. The lowest BCUT2D eigenvalue weighted by molar-refractivity contribution is 0.0891. The Morgan fingerprint density at radius 2 is 2.24 bits per heavy atom. The van der Waals surface area contributed by atoms with Crippen LogP contribution in [0.1, 0.15) is 25.0 Å². The van der Waals surface area contributed by atoms with Gasteiger partial charge in [-0.05, 0) is 44.1 Å². The van der Waals surface area contributed by atoms with E-state index in [-0.39, 0.29) is 11.9 Å². The van der Waals surface area contributed by atoms with E-state index in [4.69, 9.17) is 15.2 Å². The lowest BCUT2D eigenvalue weighted by atomic mass is 10.0. The molecule has 0 amide bonds. The molecule has 5 nitrogen and oxygen atoms in total. The van der Waals surface area contributed by atoms with Crippen LogP contribution in [0.4, 0.5) is 4.39 Å². The van der Waals surface area contributed by atoms with Crippen molar-refractivity contribution >= 4 is 0 Å². The fraction of sp³-hybridized carbons (Fsp3) is 0.600. The number of nitrogens with zero attached hydrogens (tertiary/aromatic N) is 1. The fourth-order valence-electron chi connectivity index (χ4n) is 2.65.